The van der Waals surface area contributed by atoms with Crippen LogP contribution in [0.2, 0.25) is 0 Å². The fourth-order valence-corrected chi connectivity index (χ4v) is 3.20. The van der Waals surface area contributed by atoms with Crippen LogP contribution in [0.4, 0.5) is 11.4 Å². The predicted octanol–water partition coefficient (Wildman–Crippen LogP) is 2.37. The molecule has 3 rings (SSSR count). The molecule has 5 nitrogen and oxygen atoms in total. The van der Waals surface area contributed by atoms with Crippen molar-refractivity contribution in [1.29, 1.82) is 0 Å². The summed E-state index contributed by atoms with van der Waals surface area (Å²) in [4.78, 5) is 4.41. The summed E-state index contributed by atoms with van der Waals surface area (Å²) in [5.41, 5.74) is 5.04. The van der Waals surface area contributed by atoms with Gasteiger partial charge in [0.2, 0.25) is 0 Å². The van der Waals surface area contributed by atoms with Crippen molar-refractivity contribution in [2.24, 2.45) is 0 Å². The van der Waals surface area contributed by atoms with Gasteiger partial charge in [-0.05, 0) is 56.8 Å². The minimum Gasteiger partial charge on any atom is -0.378 e. The molecule has 0 spiro atoms. The molecular formula is C20H29N5. The van der Waals surface area contributed by atoms with Gasteiger partial charge in [-0.1, -0.05) is 6.08 Å². The number of anilines is 2. The lowest BCUT2D eigenvalue weighted by Gasteiger charge is -2.33. The van der Waals surface area contributed by atoms with Crippen LogP contribution < -0.4 is 25.8 Å². The highest BCUT2D eigenvalue weighted by molar-refractivity contribution is 5.65. The largest absolute Gasteiger partial charge is 0.378 e. The molecule has 5 heteroatoms. The van der Waals surface area contributed by atoms with Gasteiger partial charge >= 0.3 is 0 Å². The van der Waals surface area contributed by atoms with E-state index in [2.05, 4.69) is 82.5 Å². The van der Waals surface area contributed by atoms with Crippen LogP contribution in [0.25, 0.3) is 0 Å². The molecule has 0 saturated carbocycles. The Morgan fingerprint density at radius 1 is 1.16 bits per heavy atom. The molecule has 2 heterocycles. The van der Waals surface area contributed by atoms with Gasteiger partial charge < -0.3 is 25.8 Å². The molecular weight excluding hydrogens is 310 g/mol. The molecule has 0 fully saturated rings. The zero-order valence-corrected chi connectivity index (χ0v) is 15.5. The van der Waals surface area contributed by atoms with Crippen LogP contribution in [0.3, 0.4) is 0 Å². The van der Waals surface area contributed by atoms with Crippen LogP contribution in [-0.4, -0.2) is 40.8 Å². The molecule has 3 N–H and O–H groups in total. The Morgan fingerprint density at radius 2 is 1.96 bits per heavy atom. The average molecular weight is 339 g/mol. The topological polar surface area (TPSA) is 42.6 Å². The SMILES string of the molecule is CNCCCNC1=C2CC=CN(c3ccc(N(C)C)cc3)C2=CCN1. The standard InChI is InChI=1S/C20H29N5/c1-21-12-5-13-22-20-18-6-4-15-25(19(18)11-14-23-20)17-9-7-16(8-10-17)24(2)3/h4,7-11,15,21-23H,5-6,12-14H2,1-3H3. The molecule has 0 aromatic heterocycles. The van der Waals surface area contributed by atoms with Gasteiger partial charge in [0.1, 0.15) is 5.82 Å². The quantitative estimate of drug-likeness (QED) is 0.666. The van der Waals surface area contributed by atoms with Gasteiger partial charge in [-0.3, -0.25) is 0 Å². The van der Waals surface area contributed by atoms with Crippen molar-refractivity contribution in [3.8, 4) is 0 Å². The van der Waals surface area contributed by atoms with Crippen LogP contribution in [0.1, 0.15) is 12.8 Å². The van der Waals surface area contributed by atoms with E-state index in [1.165, 1.54) is 28.5 Å². The van der Waals surface area contributed by atoms with Crippen LogP contribution >= 0.6 is 0 Å². The van der Waals surface area contributed by atoms with Gasteiger partial charge in [0.25, 0.3) is 0 Å². The van der Waals surface area contributed by atoms with Crippen molar-refractivity contribution in [3.63, 3.8) is 0 Å². The second-order valence-corrected chi connectivity index (χ2v) is 6.58. The summed E-state index contributed by atoms with van der Waals surface area (Å²) in [5.74, 6) is 1.17. The van der Waals surface area contributed by atoms with Gasteiger partial charge in [0.15, 0.2) is 0 Å². The number of nitrogens with zero attached hydrogens (tertiary/aromatic N) is 2. The molecule has 1 aromatic rings. The zero-order chi connectivity index (χ0) is 17.6. The van der Waals surface area contributed by atoms with Crippen LogP contribution in [0, 0.1) is 0 Å². The van der Waals surface area contributed by atoms with Crippen LogP contribution in [0.15, 0.2) is 59.7 Å². The van der Waals surface area contributed by atoms with E-state index in [0.717, 1.165) is 32.5 Å². The summed E-state index contributed by atoms with van der Waals surface area (Å²) in [6.45, 7) is 2.86. The first-order valence-electron chi connectivity index (χ1n) is 9.00. The molecule has 0 bridgehead atoms. The van der Waals surface area contributed by atoms with E-state index in [4.69, 9.17) is 0 Å². The van der Waals surface area contributed by atoms with Crippen molar-refractivity contribution in [1.82, 2.24) is 16.0 Å². The molecule has 134 valence electrons. The fourth-order valence-electron chi connectivity index (χ4n) is 3.20. The molecule has 0 unspecified atom stereocenters. The van der Waals surface area contributed by atoms with Gasteiger partial charge in [-0.15, -0.1) is 0 Å². The average Bonchev–Trinajstić information content (AvgIpc) is 2.65. The van der Waals surface area contributed by atoms with E-state index in [-0.39, 0.29) is 0 Å². The Morgan fingerprint density at radius 3 is 2.68 bits per heavy atom. The minimum atomic E-state index is 0.854. The van der Waals surface area contributed by atoms with Gasteiger partial charge in [0.05, 0.1) is 5.70 Å². The number of dihydropyridines is 1. The predicted molar refractivity (Wildman–Crippen MR) is 107 cm³/mol. The van der Waals surface area contributed by atoms with Crippen molar-refractivity contribution in [2.45, 2.75) is 12.8 Å². The highest BCUT2D eigenvalue weighted by Crippen LogP contribution is 2.33. The zero-order valence-electron chi connectivity index (χ0n) is 15.5. The first-order valence-corrected chi connectivity index (χ1v) is 9.00. The molecule has 1 aromatic carbocycles. The number of fused-ring (bicyclic) bond motifs is 1. The Kier molecular flexibility index (Phi) is 5.66. The summed E-state index contributed by atoms with van der Waals surface area (Å²) >= 11 is 0. The van der Waals surface area contributed by atoms with Crippen LogP contribution in [-0.2, 0) is 0 Å². The molecule has 2 aliphatic heterocycles. The third-order valence-electron chi connectivity index (χ3n) is 4.57. The summed E-state index contributed by atoms with van der Waals surface area (Å²) in [6, 6.07) is 8.70. The van der Waals surface area contributed by atoms with Crippen molar-refractivity contribution in [3.05, 3.63) is 59.7 Å². The number of rotatable bonds is 7. The molecule has 0 radical (unpaired) electrons. The minimum absolute atomic E-state index is 0.854. The smallest absolute Gasteiger partial charge is 0.105 e. The number of allylic oxidation sites excluding steroid dienone is 2. The van der Waals surface area contributed by atoms with E-state index >= 15 is 0 Å². The number of hydrogen-bond acceptors (Lipinski definition) is 5. The third kappa shape index (κ3) is 3.99. The second-order valence-electron chi connectivity index (χ2n) is 6.58. The molecule has 0 saturated heterocycles. The highest BCUT2D eigenvalue weighted by Gasteiger charge is 2.23. The van der Waals surface area contributed by atoms with Gasteiger partial charge in [0, 0.05) is 50.3 Å². The van der Waals surface area contributed by atoms with Crippen molar-refractivity contribution >= 4 is 11.4 Å². The monoisotopic (exact) mass is 339 g/mol. The lowest BCUT2D eigenvalue weighted by Crippen LogP contribution is -2.36. The van der Waals surface area contributed by atoms with E-state index in [0.29, 0.717) is 0 Å². The third-order valence-corrected chi connectivity index (χ3v) is 4.57. The Bertz CT molecular complexity index is 670. The van der Waals surface area contributed by atoms with Crippen molar-refractivity contribution in [2.75, 3.05) is 50.6 Å². The summed E-state index contributed by atoms with van der Waals surface area (Å²) in [7, 11) is 6.13. The molecule has 25 heavy (non-hydrogen) atoms. The highest BCUT2D eigenvalue weighted by atomic mass is 15.2. The summed E-state index contributed by atoms with van der Waals surface area (Å²) < 4.78 is 0. The Labute approximate surface area is 151 Å². The molecule has 0 aliphatic carbocycles. The fraction of sp³-hybridized carbons (Fsp3) is 0.400. The van der Waals surface area contributed by atoms with E-state index in [1.54, 1.807) is 0 Å². The number of benzene rings is 1. The lowest BCUT2D eigenvalue weighted by molar-refractivity contribution is 0.632. The number of nitrogens with one attached hydrogen (secondary N) is 3. The molecule has 2 aliphatic rings. The lowest BCUT2D eigenvalue weighted by atomic mass is 10.0. The maximum atomic E-state index is 3.57. The molecule has 0 amide bonds. The first-order chi connectivity index (χ1) is 12.2. The Balaban J connectivity index is 1.79. The summed E-state index contributed by atoms with van der Waals surface area (Å²) in [5, 5.41) is 10.3. The van der Waals surface area contributed by atoms with Crippen LogP contribution in [0.5, 0.6) is 0 Å². The Hall–Kier alpha value is -2.40. The summed E-state index contributed by atoms with van der Waals surface area (Å²) in [6.07, 6.45) is 8.76. The number of hydrogen-bond donors (Lipinski definition) is 3. The maximum absolute atomic E-state index is 3.57. The normalized spacial score (nSPS) is 16.3. The first kappa shape index (κ1) is 17.4. The van der Waals surface area contributed by atoms with E-state index in [1.807, 2.05) is 7.05 Å². The second kappa shape index (κ2) is 8.12. The van der Waals surface area contributed by atoms with Gasteiger partial charge in [-0.2, -0.15) is 0 Å². The maximum Gasteiger partial charge on any atom is 0.105 e. The molecule has 0 atom stereocenters. The van der Waals surface area contributed by atoms with Gasteiger partial charge in [-0.25, -0.2) is 0 Å². The van der Waals surface area contributed by atoms with E-state index in [9.17, 15) is 0 Å². The van der Waals surface area contributed by atoms with E-state index < -0.39 is 0 Å². The van der Waals surface area contributed by atoms with Crippen molar-refractivity contribution < 1.29 is 0 Å².